The summed E-state index contributed by atoms with van der Waals surface area (Å²) < 4.78 is 0. The Labute approximate surface area is 108 Å². The molecule has 1 fully saturated rings. The average Bonchev–Trinajstić information content (AvgIpc) is 3.18. The molecule has 3 nitrogen and oxygen atoms in total. The molecule has 1 N–H and O–H groups in total. The van der Waals surface area contributed by atoms with Gasteiger partial charge in [0.15, 0.2) is 0 Å². The zero-order valence-corrected chi connectivity index (χ0v) is 11.5. The topological polar surface area (TPSA) is 37.8 Å². The molecular weight excluding hydrogens is 230 g/mol. The summed E-state index contributed by atoms with van der Waals surface area (Å²) >= 11 is 1.86. The largest absolute Gasteiger partial charge is 0.373 e. The highest BCUT2D eigenvalue weighted by molar-refractivity contribution is 7.99. The maximum absolute atomic E-state index is 4.65. The first kappa shape index (κ1) is 12.7. The van der Waals surface area contributed by atoms with Gasteiger partial charge in [-0.25, -0.2) is 9.97 Å². The van der Waals surface area contributed by atoms with Gasteiger partial charge in [0.05, 0.1) is 0 Å². The summed E-state index contributed by atoms with van der Waals surface area (Å²) in [4.78, 5) is 9.18. The highest BCUT2D eigenvalue weighted by Gasteiger charge is 2.27. The molecular formula is C13H21N3S. The zero-order valence-electron chi connectivity index (χ0n) is 10.7. The van der Waals surface area contributed by atoms with Crippen molar-refractivity contribution >= 4 is 17.6 Å². The van der Waals surface area contributed by atoms with E-state index in [2.05, 4.69) is 28.3 Å². The molecule has 0 aromatic carbocycles. The molecule has 0 amide bonds. The van der Waals surface area contributed by atoms with Crippen molar-refractivity contribution < 1.29 is 0 Å². The molecule has 94 valence electrons. The number of nitrogens with zero attached hydrogens (tertiary/aromatic N) is 2. The highest BCUT2D eigenvalue weighted by atomic mass is 32.2. The number of aromatic nitrogens is 2. The lowest BCUT2D eigenvalue weighted by molar-refractivity contribution is 0.777. The first-order valence-corrected chi connectivity index (χ1v) is 7.51. The monoisotopic (exact) mass is 251 g/mol. The molecule has 1 saturated carbocycles. The predicted molar refractivity (Wildman–Crippen MR) is 73.8 cm³/mol. The van der Waals surface area contributed by atoms with Gasteiger partial charge >= 0.3 is 0 Å². The third-order valence-corrected chi connectivity index (χ3v) is 3.91. The normalized spacial score (nSPS) is 14.9. The van der Waals surface area contributed by atoms with E-state index in [0.717, 1.165) is 22.4 Å². The van der Waals surface area contributed by atoms with E-state index in [4.69, 9.17) is 0 Å². The Bertz CT molecular complexity index is 364. The molecule has 0 atom stereocenters. The number of unbranched alkanes of at least 4 members (excludes halogenated alkanes) is 2. The van der Waals surface area contributed by atoms with Crippen LogP contribution in [-0.2, 0) is 0 Å². The molecule has 1 aliphatic rings. The summed E-state index contributed by atoms with van der Waals surface area (Å²) in [5.41, 5.74) is 0. The summed E-state index contributed by atoms with van der Waals surface area (Å²) in [5.74, 6) is 3.78. The van der Waals surface area contributed by atoms with Gasteiger partial charge in [-0.2, -0.15) is 0 Å². The number of hydrogen-bond donors (Lipinski definition) is 1. The molecule has 0 bridgehead atoms. The van der Waals surface area contributed by atoms with Crippen molar-refractivity contribution in [1.82, 2.24) is 9.97 Å². The van der Waals surface area contributed by atoms with E-state index in [1.165, 1.54) is 32.1 Å². The lowest BCUT2D eigenvalue weighted by Crippen LogP contribution is -2.00. The van der Waals surface area contributed by atoms with Gasteiger partial charge in [-0.1, -0.05) is 19.8 Å². The number of anilines is 1. The predicted octanol–water partition coefficient (Wildman–Crippen LogP) is 3.68. The molecule has 0 saturated heterocycles. The Morgan fingerprint density at radius 3 is 2.82 bits per heavy atom. The summed E-state index contributed by atoms with van der Waals surface area (Å²) in [6.07, 6.45) is 6.38. The van der Waals surface area contributed by atoms with Gasteiger partial charge < -0.3 is 5.32 Å². The molecule has 2 rings (SSSR count). The molecule has 1 heterocycles. The maximum Gasteiger partial charge on any atom is 0.135 e. The fourth-order valence-corrected chi connectivity index (χ4v) is 2.61. The van der Waals surface area contributed by atoms with E-state index in [9.17, 15) is 0 Å². The number of rotatable bonds is 7. The number of hydrogen-bond acceptors (Lipinski definition) is 4. The molecule has 0 spiro atoms. The van der Waals surface area contributed by atoms with Crippen LogP contribution in [0.3, 0.4) is 0 Å². The van der Waals surface area contributed by atoms with Gasteiger partial charge in [-0.05, 0) is 25.0 Å². The molecule has 4 heteroatoms. The second kappa shape index (κ2) is 6.24. The lowest BCUT2D eigenvalue weighted by Gasteiger charge is -2.06. The van der Waals surface area contributed by atoms with Crippen LogP contribution < -0.4 is 5.32 Å². The SMILES string of the molecule is CCCCCSc1cc(NC)nc(C2CC2)n1. The first-order chi connectivity index (χ1) is 8.33. The summed E-state index contributed by atoms with van der Waals surface area (Å²) in [7, 11) is 1.92. The molecule has 1 aliphatic carbocycles. The minimum Gasteiger partial charge on any atom is -0.373 e. The Morgan fingerprint density at radius 2 is 2.18 bits per heavy atom. The number of nitrogens with one attached hydrogen (secondary N) is 1. The average molecular weight is 251 g/mol. The third-order valence-electron chi connectivity index (χ3n) is 2.92. The molecule has 17 heavy (non-hydrogen) atoms. The fourth-order valence-electron chi connectivity index (χ4n) is 1.70. The van der Waals surface area contributed by atoms with Crippen LogP contribution in [0.2, 0.25) is 0 Å². The molecule has 0 aliphatic heterocycles. The van der Waals surface area contributed by atoms with Crippen LogP contribution in [-0.4, -0.2) is 22.8 Å². The molecule has 1 aromatic heterocycles. The fraction of sp³-hybridized carbons (Fsp3) is 0.692. The molecule has 1 aromatic rings. The molecule has 0 radical (unpaired) electrons. The van der Waals surface area contributed by atoms with Gasteiger partial charge in [0.25, 0.3) is 0 Å². The summed E-state index contributed by atoms with van der Waals surface area (Å²) in [6, 6.07) is 2.06. The van der Waals surface area contributed by atoms with Crippen LogP contribution in [0.5, 0.6) is 0 Å². The van der Waals surface area contributed by atoms with Gasteiger partial charge in [-0.15, -0.1) is 11.8 Å². The van der Waals surface area contributed by atoms with Crippen LogP contribution in [0.1, 0.15) is 50.8 Å². The second-order valence-electron chi connectivity index (χ2n) is 4.53. The van der Waals surface area contributed by atoms with Crippen molar-refractivity contribution in [1.29, 1.82) is 0 Å². The maximum atomic E-state index is 4.65. The zero-order chi connectivity index (χ0) is 12.1. The summed E-state index contributed by atoms with van der Waals surface area (Å²) in [6.45, 7) is 2.24. The van der Waals surface area contributed by atoms with Crippen LogP contribution in [0.4, 0.5) is 5.82 Å². The van der Waals surface area contributed by atoms with Gasteiger partial charge in [-0.3, -0.25) is 0 Å². The van der Waals surface area contributed by atoms with E-state index < -0.39 is 0 Å². The van der Waals surface area contributed by atoms with Gasteiger partial charge in [0.1, 0.15) is 16.7 Å². The minimum absolute atomic E-state index is 0.623. The van der Waals surface area contributed by atoms with Crippen LogP contribution in [0, 0.1) is 0 Å². The minimum atomic E-state index is 0.623. The Kier molecular flexibility index (Phi) is 4.66. The Hall–Kier alpha value is -0.770. The van der Waals surface area contributed by atoms with E-state index in [1.54, 1.807) is 0 Å². The summed E-state index contributed by atoms with van der Waals surface area (Å²) in [5, 5.41) is 4.25. The molecule has 0 unspecified atom stereocenters. The van der Waals surface area contributed by atoms with Crippen molar-refractivity contribution in [2.24, 2.45) is 0 Å². The smallest absolute Gasteiger partial charge is 0.135 e. The Balaban J connectivity index is 1.97. The first-order valence-electron chi connectivity index (χ1n) is 6.53. The van der Waals surface area contributed by atoms with Gasteiger partial charge in [0.2, 0.25) is 0 Å². The number of thioether (sulfide) groups is 1. The van der Waals surface area contributed by atoms with Crippen molar-refractivity contribution in [2.45, 2.75) is 50.0 Å². The third kappa shape index (κ3) is 3.87. The van der Waals surface area contributed by atoms with E-state index in [-0.39, 0.29) is 0 Å². The van der Waals surface area contributed by atoms with E-state index >= 15 is 0 Å². The second-order valence-corrected chi connectivity index (χ2v) is 5.64. The van der Waals surface area contributed by atoms with Crippen molar-refractivity contribution in [3.8, 4) is 0 Å². The van der Waals surface area contributed by atoms with Crippen LogP contribution in [0.15, 0.2) is 11.1 Å². The van der Waals surface area contributed by atoms with Crippen molar-refractivity contribution in [3.63, 3.8) is 0 Å². The van der Waals surface area contributed by atoms with Crippen LogP contribution in [0.25, 0.3) is 0 Å². The Morgan fingerprint density at radius 1 is 1.35 bits per heavy atom. The van der Waals surface area contributed by atoms with E-state index in [1.807, 2.05) is 18.8 Å². The standard InChI is InChI=1S/C13H21N3S/c1-3-4-5-8-17-12-9-11(14-2)15-13(16-12)10-6-7-10/h9-10H,3-8H2,1-2H3,(H,14,15,16). The van der Waals surface area contributed by atoms with Crippen molar-refractivity contribution in [3.05, 3.63) is 11.9 Å². The quantitative estimate of drug-likeness (QED) is 0.456. The van der Waals surface area contributed by atoms with Crippen molar-refractivity contribution in [2.75, 3.05) is 18.1 Å². The van der Waals surface area contributed by atoms with E-state index in [0.29, 0.717) is 5.92 Å². The highest BCUT2D eigenvalue weighted by Crippen LogP contribution is 2.39. The van der Waals surface area contributed by atoms with Crippen LogP contribution >= 0.6 is 11.8 Å². The van der Waals surface area contributed by atoms with Gasteiger partial charge in [0, 0.05) is 19.0 Å². The lowest BCUT2D eigenvalue weighted by atomic mass is 10.3.